The summed E-state index contributed by atoms with van der Waals surface area (Å²) in [6.07, 6.45) is -3.98. The number of rotatable bonds is 6. The average molecular weight is 487 g/mol. The summed E-state index contributed by atoms with van der Waals surface area (Å²) in [7, 11) is 0. The van der Waals surface area contributed by atoms with Crippen LogP contribution in [0.15, 0.2) is 18.3 Å². The Labute approximate surface area is 190 Å². The largest absolute Gasteiger partial charge is 0.618 e. The van der Waals surface area contributed by atoms with Gasteiger partial charge in [0, 0.05) is 37.4 Å². The predicted molar refractivity (Wildman–Crippen MR) is 108 cm³/mol. The predicted octanol–water partition coefficient (Wildman–Crippen LogP) is 3.59. The highest BCUT2D eigenvalue weighted by Crippen LogP contribution is 2.50. The van der Waals surface area contributed by atoms with Crippen molar-refractivity contribution in [3.63, 3.8) is 0 Å². The van der Waals surface area contributed by atoms with Crippen LogP contribution in [0.1, 0.15) is 77.2 Å². The molecule has 0 aliphatic heterocycles. The Bertz CT molecular complexity index is 1160. The number of aromatic nitrogens is 3. The lowest BCUT2D eigenvalue weighted by atomic mass is 9.88. The normalized spacial score (nSPS) is 22.1. The van der Waals surface area contributed by atoms with Crippen LogP contribution in [0.2, 0.25) is 0 Å². The van der Waals surface area contributed by atoms with E-state index in [-0.39, 0.29) is 29.1 Å². The summed E-state index contributed by atoms with van der Waals surface area (Å²) in [5.74, 6) is -5.71. The summed E-state index contributed by atoms with van der Waals surface area (Å²) in [5, 5.41) is 18.0. The number of carbonyl (C=O) groups excluding carboxylic acids is 2. The lowest BCUT2D eigenvalue weighted by Crippen LogP contribution is -2.37. The molecule has 2 aliphatic carbocycles. The molecule has 2 aromatic rings. The summed E-state index contributed by atoms with van der Waals surface area (Å²) in [6, 6.07) is 2.02. The number of hydrogen-bond acceptors (Lipinski definition) is 4. The van der Waals surface area contributed by atoms with Gasteiger partial charge in [-0.3, -0.25) is 14.3 Å². The topological polar surface area (TPSA) is 117 Å². The number of nitrogens with zero attached hydrogens (tertiary/aromatic N) is 3. The van der Waals surface area contributed by atoms with E-state index in [1.165, 1.54) is 6.92 Å². The van der Waals surface area contributed by atoms with E-state index in [1.54, 1.807) is 0 Å². The second-order valence-corrected chi connectivity index (χ2v) is 9.33. The highest BCUT2D eigenvalue weighted by Gasteiger charge is 2.50. The number of nitrogens with two attached hydrogens (primary N) is 1. The smallest absolute Gasteiger partial charge is 0.420 e. The molecule has 34 heavy (non-hydrogen) atoms. The molecule has 2 saturated carbocycles. The first-order valence-corrected chi connectivity index (χ1v) is 10.6. The molecule has 2 amide bonds. The Morgan fingerprint density at radius 3 is 2.53 bits per heavy atom. The highest BCUT2D eigenvalue weighted by atomic mass is 19.4. The summed E-state index contributed by atoms with van der Waals surface area (Å²) in [4.78, 5) is 24.5. The van der Waals surface area contributed by atoms with E-state index in [1.807, 2.05) is 0 Å². The van der Waals surface area contributed by atoms with Crippen LogP contribution in [0.3, 0.4) is 0 Å². The Kier molecular flexibility index (Phi) is 5.56. The van der Waals surface area contributed by atoms with Gasteiger partial charge in [-0.15, -0.1) is 0 Å². The molecule has 0 aromatic carbocycles. The minimum Gasteiger partial charge on any atom is -0.618 e. The van der Waals surface area contributed by atoms with Gasteiger partial charge in [-0.2, -0.15) is 23.0 Å². The van der Waals surface area contributed by atoms with Gasteiger partial charge < -0.3 is 16.3 Å². The van der Waals surface area contributed by atoms with E-state index >= 15 is 0 Å². The van der Waals surface area contributed by atoms with E-state index in [0.29, 0.717) is 12.8 Å². The lowest BCUT2D eigenvalue weighted by Gasteiger charge is -2.25. The van der Waals surface area contributed by atoms with Crippen molar-refractivity contribution in [2.45, 2.75) is 63.6 Å². The maximum atomic E-state index is 14.1. The number of pyridine rings is 1. The summed E-state index contributed by atoms with van der Waals surface area (Å²) in [6.45, 7) is 1.23. The first kappa shape index (κ1) is 23.9. The van der Waals surface area contributed by atoms with Crippen LogP contribution in [0, 0.1) is 10.6 Å². The maximum Gasteiger partial charge on any atom is 0.420 e. The first-order chi connectivity index (χ1) is 15.7. The van der Waals surface area contributed by atoms with Crippen molar-refractivity contribution in [1.29, 1.82) is 0 Å². The monoisotopic (exact) mass is 487 g/mol. The zero-order chi connectivity index (χ0) is 25.1. The molecule has 1 unspecified atom stereocenters. The number of alkyl halides is 5. The molecule has 0 radical (unpaired) electrons. The molecule has 0 saturated heterocycles. The molecular formula is C21H22F5N5O3. The first-order valence-electron chi connectivity index (χ1n) is 10.6. The minimum atomic E-state index is -4.92. The molecule has 2 aromatic heterocycles. The second kappa shape index (κ2) is 7.91. The van der Waals surface area contributed by atoms with Crippen molar-refractivity contribution in [2.75, 3.05) is 5.32 Å². The summed E-state index contributed by atoms with van der Waals surface area (Å²) in [5.41, 5.74) is 1.09. The van der Waals surface area contributed by atoms with Gasteiger partial charge in [0.25, 0.3) is 11.6 Å². The van der Waals surface area contributed by atoms with Gasteiger partial charge in [-0.1, -0.05) is 6.92 Å². The van der Waals surface area contributed by atoms with Crippen LogP contribution < -0.4 is 15.8 Å². The molecule has 8 nitrogen and oxygen atoms in total. The van der Waals surface area contributed by atoms with Gasteiger partial charge in [0.2, 0.25) is 5.92 Å². The van der Waals surface area contributed by atoms with Crippen LogP contribution in [0.4, 0.5) is 27.6 Å². The third-order valence-electron chi connectivity index (χ3n) is 6.18. The van der Waals surface area contributed by atoms with Gasteiger partial charge in [-0.25, -0.2) is 8.78 Å². The Balaban J connectivity index is 1.76. The highest BCUT2D eigenvalue weighted by molar-refractivity contribution is 6.05. The zero-order valence-electron chi connectivity index (χ0n) is 18.1. The van der Waals surface area contributed by atoms with E-state index < -0.39 is 65.0 Å². The van der Waals surface area contributed by atoms with Crippen LogP contribution in [-0.2, 0) is 12.7 Å². The van der Waals surface area contributed by atoms with Crippen LogP contribution in [-0.4, -0.2) is 27.5 Å². The fourth-order valence-corrected chi connectivity index (χ4v) is 4.47. The maximum absolute atomic E-state index is 14.1. The van der Waals surface area contributed by atoms with Gasteiger partial charge in [0.05, 0.1) is 11.4 Å². The lowest BCUT2D eigenvalue weighted by molar-refractivity contribution is -0.607. The summed E-state index contributed by atoms with van der Waals surface area (Å²) >= 11 is 0. The van der Waals surface area contributed by atoms with Crippen molar-refractivity contribution in [3.05, 3.63) is 46.2 Å². The molecule has 2 heterocycles. The van der Waals surface area contributed by atoms with E-state index in [2.05, 4.69) is 10.4 Å². The average Bonchev–Trinajstić information content (AvgIpc) is 3.41. The third-order valence-corrected chi connectivity index (χ3v) is 6.18. The Hall–Kier alpha value is -3.25. The van der Waals surface area contributed by atoms with Crippen molar-refractivity contribution in [2.24, 2.45) is 11.1 Å². The Morgan fingerprint density at radius 2 is 2.00 bits per heavy atom. The van der Waals surface area contributed by atoms with Gasteiger partial charge in [-0.05, 0) is 24.7 Å². The molecule has 13 heteroatoms. The number of primary amides is 1. The third kappa shape index (κ3) is 4.68. The molecular weight excluding hydrogens is 465 g/mol. The van der Waals surface area contributed by atoms with Gasteiger partial charge in [0.15, 0.2) is 6.20 Å². The Morgan fingerprint density at radius 1 is 1.32 bits per heavy atom. The van der Waals surface area contributed by atoms with Gasteiger partial charge in [0.1, 0.15) is 11.3 Å². The number of hydrogen-bond donors (Lipinski definition) is 2. The fraction of sp³-hybridized carbons (Fsp3) is 0.524. The SMILES string of the molecule is CC1(Cn2nc(C3CC3)c(C(F)(F)F)c2C(=O)Nc2cc[n+]([O-])c(C(N)=O)c2)CCC(F)(F)C1. The minimum absolute atomic E-state index is 0.0607. The summed E-state index contributed by atoms with van der Waals surface area (Å²) < 4.78 is 71.1. The molecule has 2 fully saturated rings. The van der Waals surface area contributed by atoms with Crippen molar-refractivity contribution >= 4 is 17.5 Å². The van der Waals surface area contributed by atoms with Crippen molar-refractivity contribution in [3.8, 4) is 0 Å². The number of anilines is 1. The van der Waals surface area contributed by atoms with Crippen LogP contribution in [0.5, 0.6) is 0 Å². The van der Waals surface area contributed by atoms with Crippen LogP contribution >= 0.6 is 0 Å². The molecule has 184 valence electrons. The fourth-order valence-electron chi connectivity index (χ4n) is 4.47. The van der Waals surface area contributed by atoms with E-state index in [4.69, 9.17) is 5.73 Å². The molecule has 0 spiro atoms. The molecule has 2 aliphatic rings. The number of halogens is 5. The van der Waals surface area contributed by atoms with E-state index in [0.717, 1.165) is 23.0 Å². The molecule has 4 rings (SSSR count). The second-order valence-electron chi connectivity index (χ2n) is 9.33. The van der Waals surface area contributed by atoms with Crippen molar-refractivity contribution in [1.82, 2.24) is 9.78 Å². The van der Waals surface area contributed by atoms with Crippen LogP contribution in [0.25, 0.3) is 0 Å². The molecule has 3 N–H and O–H groups in total. The number of nitrogens with one attached hydrogen (secondary N) is 1. The number of carbonyl (C=O) groups is 2. The molecule has 0 bridgehead atoms. The standard InChI is InChI=1S/C21H22F5N5O3/c1-19(5-6-20(22,23)9-19)10-30-16(14(21(24,25)26)15(29-30)11-2-3-11)18(33)28-12-4-7-31(34)13(8-12)17(27)32/h4,7-8,11H,2-3,5-6,9-10H2,1H3,(H2,27,32)(H,28,33). The van der Waals surface area contributed by atoms with Crippen molar-refractivity contribution < 1.29 is 36.3 Å². The quantitative estimate of drug-likeness (QED) is 0.368. The van der Waals surface area contributed by atoms with E-state index in [9.17, 15) is 36.7 Å². The zero-order valence-corrected chi connectivity index (χ0v) is 18.1. The molecule has 1 atom stereocenters. The van der Waals surface area contributed by atoms with Gasteiger partial charge >= 0.3 is 12.1 Å². The number of amides is 2.